The van der Waals surface area contributed by atoms with E-state index in [0.717, 1.165) is 55.8 Å². The van der Waals surface area contributed by atoms with Crippen molar-refractivity contribution in [2.45, 2.75) is 0 Å². The second kappa shape index (κ2) is 13.6. The van der Waals surface area contributed by atoms with Crippen LogP contribution in [-0.4, -0.2) is 4.57 Å². The Morgan fingerprint density at radius 1 is 0.298 bits per heavy atom. The van der Waals surface area contributed by atoms with Crippen molar-refractivity contribution in [3.05, 3.63) is 218 Å². The maximum absolute atomic E-state index is 6.44. The second-order valence-electron chi connectivity index (χ2n) is 14.6. The van der Waals surface area contributed by atoms with E-state index in [9.17, 15) is 0 Å². The van der Waals surface area contributed by atoms with Crippen LogP contribution in [0.1, 0.15) is 0 Å². The third-order valence-electron chi connectivity index (χ3n) is 11.2. The SMILES string of the molecule is c1ccc(-c2cc(-c3ccccc3)cc(-c3ccc(N(c4ccc5c(c4)oc4ccccc45)c4ccc5c6ccccc6n(-c6ccccc6)c5c4)cc3)c2)cc1. The molecular formula is C54H36N2O. The monoisotopic (exact) mass is 728 g/mol. The number of furan rings is 1. The zero-order chi connectivity index (χ0) is 37.7. The van der Waals surface area contributed by atoms with Gasteiger partial charge in [-0.25, -0.2) is 0 Å². The first-order valence-corrected chi connectivity index (χ1v) is 19.4. The molecule has 0 aliphatic heterocycles. The normalized spacial score (nSPS) is 11.5. The Bertz CT molecular complexity index is 3160. The third-order valence-corrected chi connectivity index (χ3v) is 11.2. The quantitative estimate of drug-likeness (QED) is 0.163. The lowest BCUT2D eigenvalue weighted by molar-refractivity contribution is 0.669. The lowest BCUT2D eigenvalue weighted by Gasteiger charge is -2.26. The first kappa shape index (κ1) is 32.8. The van der Waals surface area contributed by atoms with Crippen LogP contribution < -0.4 is 4.90 Å². The van der Waals surface area contributed by atoms with Crippen LogP contribution in [0.2, 0.25) is 0 Å². The number of nitrogens with zero attached hydrogens (tertiary/aromatic N) is 2. The van der Waals surface area contributed by atoms with Crippen LogP contribution in [-0.2, 0) is 0 Å². The first-order valence-electron chi connectivity index (χ1n) is 19.4. The number of benzene rings is 9. The highest BCUT2D eigenvalue weighted by Crippen LogP contribution is 2.42. The molecule has 3 nitrogen and oxygen atoms in total. The Morgan fingerprint density at radius 2 is 0.772 bits per heavy atom. The number of fused-ring (bicyclic) bond motifs is 6. The highest BCUT2D eigenvalue weighted by Gasteiger charge is 2.19. The van der Waals surface area contributed by atoms with Gasteiger partial charge in [-0.1, -0.05) is 133 Å². The van der Waals surface area contributed by atoms with E-state index in [1.807, 2.05) is 12.1 Å². The molecule has 0 amide bonds. The summed E-state index contributed by atoms with van der Waals surface area (Å²) in [5.74, 6) is 0. The minimum Gasteiger partial charge on any atom is -0.456 e. The first-order chi connectivity index (χ1) is 28.2. The molecule has 268 valence electrons. The largest absolute Gasteiger partial charge is 0.456 e. The molecule has 0 N–H and O–H groups in total. The van der Waals surface area contributed by atoms with E-state index < -0.39 is 0 Å². The average molecular weight is 729 g/mol. The van der Waals surface area contributed by atoms with Gasteiger partial charge < -0.3 is 13.9 Å². The summed E-state index contributed by atoms with van der Waals surface area (Å²) in [5, 5.41) is 4.68. The van der Waals surface area contributed by atoms with Gasteiger partial charge in [0, 0.05) is 50.4 Å². The van der Waals surface area contributed by atoms with Crippen LogP contribution in [0, 0.1) is 0 Å². The van der Waals surface area contributed by atoms with Crippen molar-refractivity contribution < 1.29 is 4.42 Å². The molecule has 0 unspecified atom stereocenters. The average Bonchev–Trinajstić information content (AvgIpc) is 3.82. The van der Waals surface area contributed by atoms with Crippen LogP contribution >= 0.6 is 0 Å². The molecule has 0 fully saturated rings. The zero-order valence-electron chi connectivity index (χ0n) is 31.1. The van der Waals surface area contributed by atoms with Gasteiger partial charge >= 0.3 is 0 Å². The van der Waals surface area contributed by atoms with Crippen LogP contribution in [0.25, 0.3) is 82.8 Å². The molecule has 11 aromatic rings. The van der Waals surface area contributed by atoms with Gasteiger partial charge in [-0.3, -0.25) is 0 Å². The van der Waals surface area contributed by atoms with E-state index >= 15 is 0 Å². The van der Waals surface area contributed by atoms with Crippen LogP contribution in [0.5, 0.6) is 0 Å². The Kier molecular flexibility index (Phi) is 7.82. The Balaban J connectivity index is 1.08. The molecule has 0 saturated carbocycles. The number of para-hydroxylation sites is 3. The van der Waals surface area contributed by atoms with Crippen molar-refractivity contribution in [1.29, 1.82) is 0 Å². The highest BCUT2D eigenvalue weighted by atomic mass is 16.3. The maximum atomic E-state index is 6.44. The number of aromatic nitrogens is 1. The number of hydrogen-bond acceptors (Lipinski definition) is 2. The van der Waals surface area contributed by atoms with E-state index in [-0.39, 0.29) is 0 Å². The fraction of sp³-hybridized carbons (Fsp3) is 0. The topological polar surface area (TPSA) is 21.3 Å². The summed E-state index contributed by atoms with van der Waals surface area (Å²) in [6.45, 7) is 0. The van der Waals surface area contributed by atoms with Crippen LogP contribution in [0.3, 0.4) is 0 Å². The number of anilines is 3. The zero-order valence-corrected chi connectivity index (χ0v) is 31.1. The van der Waals surface area contributed by atoms with Gasteiger partial charge in [0.25, 0.3) is 0 Å². The third kappa shape index (κ3) is 5.76. The summed E-state index contributed by atoms with van der Waals surface area (Å²) in [4.78, 5) is 2.35. The summed E-state index contributed by atoms with van der Waals surface area (Å²) in [5.41, 5.74) is 15.5. The molecule has 2 heterocycles. The lowest BCUT2D eigenvalue weighted by atomic mass is 9.93. The van der Waals surface area contributed by atoms with E-state index in [1.165, 1.54) is 44.1 Å². The van der Waals surface area contributed by atoms with Crippen LogP contribution in [0.4, 0.5) is 17.1 Å². The summed E-state index contributed by atoms with van der Waals surface area (Å²) in [7, 11) is 0. The Hall–Kier alpha value is -7.62. The molecule has 0 radical (unpaired) electrons. The summed E-state index contributed by atoms with van der Waals surface area (Å²) < 4.78 is 8.82. The van der Waals surface area contributed by atoms with E-state index in [1.54, 1.807) is 0 Å². The van der Waals surface area contributed by atoms with Gasteiger partial charge in [0.15, 0.2) is 0 Å². The molecule has 57 heavy (non-hydrogen) atoms. The predicted octanol–water partition coefficient (Wildman–Crippen LogP) is 15.2. The van der Waals surface area contributed by atoms with Gasteiger partial charge in [-0.2, -0.15) is 0 Å². The molecular weight excluding hydrogens is 693 g/mol. The van der Waals surface area contributed by atoms with Crippen molar-refractivity contribution >= 4 is 60.8 Å². The van der Waals surface area contributed by atoms with Crippen LogP contribution in [0.15, 0.2) is 223 Å². The Morgan fingerprint density at radius 3 is 1.44 bits per heavy atom. The molecule has 0 spiro atoms. The van der Waals surface area contributed by atoms with E-state index in [0.29, 0.717) is 0 Å². The van der Waals surface area contributed by atoms with E-state index in [4.69, 9.17) is 4.42 Å². The minimum atomic E-state index is 0.862. The summed E-state index contributed by atoms with van der Waals surface area (Å²) in [6.07, 6.45) is 0. The molecule has 0 bridgehead atoms. The van der Waals surface area contributed by atoms with Gasteiger partial charge in [-0.05, 0) is 112 Å². The molecule has 0 saturated heterocycles. The standard InChI is InChI=1S/C54H36N2O/c1-4-14-37(15-5-1)40-32-41(38-16-6-2-7-17-38)34-42(33-40)39-24-26-44(27-25-39)55(46-29-31-50-49-21-11-13-23-53(49)57-54(50)36-46)45-28-30-48-47-20-10-12-22-51(47)56(52(48)35-45)43-18-8-3-9-19-43/h1-36H. The van der Waals surface area contributed by atoms with E-state index in [2.05, 4.69) is 216 Å². The number of rotatable bonds is 7. The fourth-order valence-electron chi connectivity index (χ4n) is 8.45. The van der Waals surface area contributed by atoms with Gasteiger partial charge in [0.05, 0.1) is 11.0 Å². The molecule has 2 aromatic heterocycles. The number of hydrogen-bond donors (Lipinski definition) is 0. The summed E-state index contributed by atoms with van der Waals surface area (Å²) >= 11 is 0. The fourth-order valence-corrected chi connectivity index (χ4v) is 8.45. The maximum Gasteiger partial charge on any atom is 0.137 e. The molecule has 3 heteroatoms. The van der Waals surface area contributed by atoms with Crippen molar-refractivity contribution in [2.24, 2.45) is 0 Å². The van der Waals surface area contributed by atoms with Gasteiger partial charge in [-0.15, -0.1) is 0 Å². The molecule has 0 atom stereocenters. The predicted molar refractivity (Wildman–Crippen MR) is 239 cm³/mol. The molecule has 0 aliphatic rings. The second-order valence-corrected chi connectivity index (χ2v) is 14.6. The Labute approximate surface area is 330 Å². The molecule has 0 aliphatic carbocycles. The molecule has 9 aromatic carbocycles. The minimum absolute atomic E-state index is 0.862. The van der Waals surface area contributed by atoms with Crippen molar-refractivity contribution in [1.82, 2.24) is 4.57 Å². The van der Waals surface area contributed by atoms with Gasteiger partial charge in [0.1, 0.15) is 11.2 Å². The van der Waals surface area contributed by atoms with Gasteiger partial charge in [0.2, 0.25) is 0 Å². The van der Waals surface area contributed by atoms with Crippen molar-refractivity contribution in [3.8, 4) is 39.1 Å². The molecule has 11 rings (SSSR count). The van der Waals surface area contributed by atoms with Crippen molar-refractivity contribution in [2.75, 3.05) is 4.90 Å². The van der Waals surface area contributed by atoms with Crippen molar-refractivity contribution in [3.63, 3.8) is 0 Å². The highest BCUT2D eigenvalue weighted by molar-refractivity contribution is 6.11. The summed E-state index contributed by atoms with van der Waals surface area (Å²) in [6, 6.07) is 78.2. The smallest absolute Gasteiger partial charge is 0.137 e. The lowest BCUT2D eigenvalue weighted by Crippen LogP contribution is -2.10.